The molecule has 0 spiro atoms. The van der Waals surface area contributed by atoms with Crippen LogP contribution < -0.4 is 26.0 Å². The van der Waals surface area contributed by atoms with Gasteiger partial charge in [-0.3, -0.25) is 19.2 Å². The molecule has 438 valence electrons. The van der Waals surface area contributed by atoms with Gasteiger partial charge in [0.25, 0.3) is 0 Å². The lowest BCUT2D eigenvalue weighted by molar-refractivity contribution is -0.125. The summed E-state index contributed by atoms with van der Waals surface area (Å²) in [5, 5.41) is 22.2. The number of unbranched alkanes of at least 4 members (excludes halogenated alkanes) is 28. The molecule has 4 amide bonds. The highest BCUT2D eigenvalue weighted by atomic mass is 16.5. The Kier molecular flexibility index (Phi) is 51.9. The summed E-state index contributed by atoms with van der Waals surface area (Å²) in [6, 6.07) is 7.79. The van der Waals surface area contributed by atoms with Gasteiger partial charge in [-0.2, -0.15) is 0 Å². The number of carbonyl (C=O) groups is 4. The highest BCUT2D eigenvalue weighted by Gasteiger charge is 2.18. The van der Waals surface area contributed by atoms with Crippen LogP contribution in [0.3, 0.4) is 0 Å². The number of rotatable bonds is 52. The first-order valence-electron chi connectivity index (χ1n) is 31.6. The Morgan fingerprint density at radius 1 is 0.440 bits per heavy atom. The Morgan fingerprint density at radius 2 is 0.787 bits per heavy atom. The molecule has 0 aliphatic rings. The summed E-state index contributed by atoms with van der Waals surface area (Å²) in [7, 11) is 1.66. The minimum Gasteiger partial charge on any atom is -0.497 e. The van der Waals surface area contributed by atoms with Gasteiger partial charge >= 0.3 is 0 Å². The van der Waals surface area contributed by atoms with E-state index >= 15 is 0 Å². The minimum absolute atomic E-state index is 0.0126. The molecule has 0 aliphatic carbocycles. The van der Waals surface area contributed by atoms with Crippen LogP contribution in [0, 0.1) is 0 Å². The van der Waals surface area contributed by atoms with Crippen LogP contribution in [0.1, 0.15) is 304 Å². The first kappa shape index (κ1) is 71.8. The van der Waals surface area contributed by atoms with Crippen molar-refractivity contribution in [1.82, 2.24) is 21.3 Å². The zero-order valence-corrected chi connectivity index (χ0v) is 49.9. The van der Waals surface area contributed by atoms with Crippen LogP contribution in [0.25, 0.3) is 0 Å². The number of benzene rings is 1. The molecule has 11 heteroatoms. The van der Waals surface area contributed by atoms with Gasteiger partial charge in [-0.1, -0.05) is 246 Å². The fourth-order valence-electron chi connectivity index (χ4n) is 9.37. The standard InChI is InChI=1S/C36H64N2O4.C28H56N2O3/c1-5-8-10-12-13-14-15-16-17-19-21-23-35(39)38-32(7-3)29-37-36(40)28-34(22-20-18-11-9-6-2)42-30-31-24-26-33(41-4)27-25-31;1-4-7-9-11-12-13-14-15-16-18-20-22-27(32)30-25(6-3)24-29-28(33)23-26(31)21-19-17-10-8-5-2/h24-27,32,34H,5-23,28-30H2,1-4H3,(H,37,40)(H,38,39);25-26,31H,4-24H2,1-3H3,(H,29,33)(H,30,32)/t32-,34+;25-,26+/m00/s1. The van der Waals surface area contributed by atoms with Gasteiger partial charge in [-0.05, 0) is 56.2 Å². The number of carbonyl (C=O) groups excluding carboxylic acids is 4. The zero-order valence-electron chi connectivity index (χ0n) is 49.9. The highest BCUT2D eigenvalue weighted by Crippen LogP contribution is 2.18. The average Bonchev–Trinajstić information content (AvgIpc) is 3.41. The largest absolute Gasteiger partial charge is 0.497 e. The van der Waals surface area contributed by atoms with E-state index in [2.05, 4.69) is 55.9 Å². The Balaban J connectivity index is 0.00000151. The van der Waals surface area contributed by atoms with E-state index in [0.717, 1.165) is 75.5 Å². The smallest absolute Gasteiger partial charge is 0.222 e. The van der Waals surface area contributed by atoms with Crippen LogP contribution in [0.15, 0.2) is 24.3 Å². The maximum Gasteiger partial charge on any atom is 0.222 e. The van der Waals surface area contributed by atoms with E-state index < -0.39 is 6.10 Å². The molecule has 1 rings (SSSR count). The lowest BCUT2D eigenvalue weighted by atomic mass is 10.0. The van der Waals surface area contributed by atoms with Gasteiger partial charge in [0.2, 0.25) is 23.6 Å². The molecule has 0 unspecified atom stereocenters. The first-order valence-corrected chi connectivity index (χ1v) is 31.6. The van der Waals surface area contributed by atoms with Crippen molar-refractivity contribution in [2.24, 2.45) is 0 Å². The maximum atomic E-state index is 12.9. The van der Waals surface area contributed by atoms with E-state index in [9.17, 15) is 24.3 Å². The molecule has 0 saturated carbocycles. The second-order valence-corrected chi connectivity index (χ2v) is 21.8. The van der Waals surface area contributed by atoms with Gasteiger partial charge in [-0.25, -0.2) is 0 Å². The SMILES string of the molecule is CCCCCCCCCCCCCC(=O)N[C@@H](CC)CNC(=O)C[C@@H](CCCCCCC)OCc1ccc(OC)cc1.CCCCCCCCCCCCCC(=O)N[C@@H](CC)CNC(=O)C[C@H](O)CCCCCCC. The molecular formula is C64H120N4O7. The number of methoxy groups -OCH3 is 1. The van der Waals surface area contributed by atoms with Crippen LogP contribution >= 0.6 is 0 Å². The van der Waals surface area contributed by atoms with E-state index in [1.54, 1.807) is 7.11 Å². The molecule has 75 heavy (non-hydrogen) atoms. The van der Waals surface area contributed by atoms with Crippen LogP contribution in [-0.2, 0) is 30.5 Å². The Bertz CT molecular complexity index is 1440. The van der Waals surface area contributed by atoms with Gasteiger partial charge in [0.05, 0.1) is 38.8 Å². The van der Waals surface area contributed by atoms with Crippen LogP contribution in [0.4, 0.5) is 0 Å². The Labute approximate surface area is 461 Å². The molecular weight excluding hydrogens is 937 g/mol. The summed E-state index contributed by atoms with van der Waals surface area (Å²) in [4.78, 5) is 49.7. The molecule has 0 fully saturated rings. The van der Waals surface area contributed by atoms with Crippen molar-refractivity contribution in [1.29, 1.82) is 0 Å². The van der Waals surface area contributed by atoms with Gasteiger partial charge < -0.3 is 35.8 Å². The van der Waals surface area contributed by atoms with E-state index in [0.29, 0.717) is 45.4 Å². The lowest BCUT2D eigenvalue weighted by Gasteiger charge is -2.20. The summed E-state index contributed by atoms with van der Waals surface area (Å²) >= 11 is 0. The molecule has 11 nitrogen and oxygen atoms in total. The number of amides is 4. The third-order valence-corrected chi connectivity index (χ3v) is 14.6. The third kappa shape index (κ3) is 47.7. The third-order valence-electron chi connectivity index (χ3n) is 14.6. The van der Waals surface area contributed by atoms with E-state index in [-0.39, 0.29) is 48.2 Å². The van der Waals surface area contributed by atoms with Crippen molar-refractivity contribution in [3.05, 3.63) is 29.8 Å². The molecule has 4 atom stereocenters. The highest BCUT2D eigenvalue weighted by molar-refractivity contribution is 5.78. The van der Waals surface area contributed by atoms with E-state index in [4.69, 9.17) is 9.47 Å². The topological polar surface area (TPSA) is 155 Å². The van der Waals surface area contributed by atoms with Crippen molar-refractivity contribution < 1.29 is 33.8 Å². The fraction of sp³-hybridized carbons (Fsp3) is 0.844. The Hall–Kier alpha value is -3.18. The molecule has 0 heterocycles. The summed E-state index contributed by atoms with van der Waals surface area (Å²) < 4.78 is 11.5. The summed E-state index contributed by atoms with van der Waals surface area (Å²) in [6.07, 6.45) is 43.8. The monoisotopic (exact) mass is 1060 g/mol. The summed E-state index contributed by atoms with van der Waals surface area (Å²) in [6.45, 7) is 14.4. The normalized spacial score (nSPS) is 12.7. The molecule has 0 aliphatic heterocycles. The molecule has 5 N–H and O–H groups in total. The number of aliphatic hydroxyl groups excluding tert-OH is 1. The number of hydrogen-bond acceptors (Lipinski definition) is 7. The molecule has 0 radical (unpaired) electrons. The quantitative estimate of drug-likeness (QED) is 0.0407. The minimum atomic E-state index is -0.567. The average molecular weight is 1060 g/mol. The van der Waals surface area contributed by atoms with Crippen molar-refractivity contribution in [3.8, 4) is 5.75 Å². The molecule has 1 aromatic rings. The van der Waals surface area contributed by atoms with Crippen LogP contribution in [-0.4, -0.2) is 73.2 Å². The van der Waals surface area contributed by atoms with Crippen molar-refractivity contribution in [3.63, 3.8) is 0 Å². The number of hydrogen-bond donors (Lipinski definition) is 5. The Morgan fingerprint density at radius 3 is 1.16 bits per heavy atom. The fourth-order valence-corrected chi connectivity index (χ4v) is 9.37. The maximum absolute atomic E-state index is 12.9. The lowest BCUT2D eigenvalue weighted by Crippen LogP contribution is -2.43. The second-order valence-electron chi connectivity index (χ2n) is 21.8. The van der Waals surface area contributed by atoms with Crippen molar-refractivity contribution in [2.75, 3.05) is 20.2 Å². The van der Waals surface area contributed by atoms with Gasteiger partial charge in [-0.15, -0.1) is 0 Å². The number of ether oxygens (including phenoxy) is 2. The van der Waals surface area contributed by atoms with Crippen molar-refractivity contribution in [2.45, 2.75) is 329 Å². The predicted molar refractivity (Wildman–Crippen MR) is 316 cm³/mol. The second kappa shape index (κ2) is 54.2. The summed E-state index contributed by atoms with van der Waals surface area (Å²) in [5.41, 5.74) is 1.07. The van der Waals surface area contributed by atoms with Crippen LogP contribution in [0.2, 0.25) is 0 Å². The summed E-state index contributed by atoms with van der Waals surface area (Å²) in [5.74, 6) is 0.858. The van der Waals surface area contributed by atoms with E-state index in [1.165, 1.54) is 161 Å². The van der Waals surface area contributed by atoms with Crippen LogP contribution in [0.5, 0.6) is 5.75 Å². The van der Waals surface area contributed by atoms with Gasteiger partial charge in [0, 0.05) is 38.0 Å². The van der Waals surface area contributed by atoms with Gasteiger partial charge in [0.15, 0.2) is 0 Å². The van der Waals surface area contributed by atoms with Crippen molar-refractivity contribution >= 4 is 23.6 Å². The zero-order chi connectivity index (χ0) is 55.3. The molecule has 0 saturated heterocycles. The molecule has 0 aromatic heterocycles. The molecule has 0 bridgehead atoms. The number of aliphatic hydroxyl groups is 1. The first-order chi connectivity index (χ1) is 36.5. The number of nitrogens with one attached hydrogen (secondary N) is 4. The predicted octanol–water partition coefficient (Wildman–Crippen LogP) is 15.9. The molecule has 1 aromatic carbocycles. The van der Waals surface area contributed by atoms with Gasteiger partial charge in [0.1, 0.15) is 5.75 Å². The van der Waals surface area contributed by atoms with E-state index in [1.807, 2.05) is 31.2 Å².